The number of methoxy groups -OCH3 is 1. The summed E-state index contributed by atoms with van der Waals surface area (Å²) < 4.78 is 11.3. The zero-order valence-corrected chi connectivity index (χ0v) is 13.5. The summed E-state index contributed by atoms with van der Waals surface area (Å²) in [4.78, 5) is 2.23. The normalized spacial score (nSPS) is 21.6. The number of ether oxygens (including phenoxy) is 2. The number of hydrogen-bond donors (Lipinski definition) is 1. The zero-order chi connectivity index (χ0) is 15.3. The van der Waals surface area contributed by atoms with Crippen molar-refractivity contribution in [2.24, 2.45) is 5.73 Å². The Hall–Kier alpha value is -1.26. The predicted octanol–water partition coefficient (Wildman–Crippen LogP) is 2.41. The van der Waals surface area contributed by atoms with Gasteiger partial charge in [-0.3, -0.25) is 0 Å². The first-order valence-corrected chi connectivity index (χ1v) is 7.77. The predicted molar refractivity (Wildman–Crippen MR) is 86.2 cm³/mol. The van der Waals surface area contributed by atoms with E-state index in [-0.39, 0.29) is 5.41 Å². The number of rotatable bonds is 6. The maximum atomic E-state index is 6.22. The first-order chi connectivity index (χ1) is 10.1. The van der Waals surface area contributed by atoms with Crippen LogP contribution in [0, 0.1) is 0 Å². The quantitative estimate of drug-likeness (QED) is 0.874. The third-order valence-electron chi connectivity index (χ3n) is 4.47. The fourth-order valence-corrected chi connectivity index (χ4v) is 3.21. The molecule has 0 aromatic heterocycles. The second-order valence-corrected chi connectivity index (χ2v) is 6.21. The molecule has 0 fully saturated rings. The molecule has 0 saturated carbocycles. The lowest BCUT2D eigenvalue weighted by Crippen LogP contribution is -2.35. The van der Waals surface area contributed by atoms with Gasteiger partial charge in [-0.2, -0.15) is 0 Å². The average Bonchev–Trinajstić information content (AvgIpc) is 2.66. The summed E-state index contributed by atoms with van der Waals surface area (Å²) in [6, 6.07) is 6.10. The Bertz CT molecular complexity index is 462. The minimum absolute atomic E-state index is 0.0103. The van der Waals surface area contributed by atoms with E-state index >= 15 is 0 Å². The molecule has 1 aliphatic heterocycles. The Morgan fingerprint density at radius 2 is 2.19 bits per heavy atom. The van der Waals surface area contributed by atoms with E-state index in [1.165, 1.54) is 5.56 Å². The Balaban J connectivity index is 2.31. The van der Waals surface area contributed by atoms with Gasteiger partial charge >= 0.3 is 0 Å². The van der Waals surface area contributed by atoms with Crippen LogP contribution in [0.1, 0.15) is 31.2 Å². The van der Waals surface area contributed by atoms with Crippen molar-refractivity contribution < 1.29 is 9.47 Å². The molecule has 2 rings (SSSR count). The number of benzene rings is 1. The summed E-state index contributed by atoms with van der Waals surface area (Å²) >= 11 is 0. The van der Waals surface area contributed by atoms with Gasteiger partial charge in [0, 0.05) is 17.5 Å². The molecule has 0 spiro atoms. The summed E-state index contributed by atoms with van der Waals surface area (Å²) in [6.45, 7) is 2.51. The van der Waals surface area contributed by atoms with Crippen LogP contribution in [0.15, 0.2) is 18.2 Å². The summed E-state index contributed by atoms with van der Waals surface area (Å²) in [5.41, 5.74) is 7.45. The van der Waals surface area contributed by atoms with Gasteiger partial charge in [-0.05, 0) is 64.5 Å². The maximum Gasteiger partial charge on any atom is 0.123 e. The molecule has 0 aliphatic carbocycles. The molecule has 4 nitrogen and oxygen atoms in total. The van der Waals surface area contributed by atoms with Crippen LogP contribution >= 0.6 is 0 Å². The minimum atomic E-state index is 0.0103. The first kappa shape index (κ1) is 16.1. The molecule has 2 N–H and O–H groups in total. The second kappa shape index (κ2) is 7.14. The highest BCUT2D eigenvalue weighted by Crippen LogP contribution is 2.42. The zero-order valence-electron chi connectivity index (χ0n) is 13.5. The fourth-order valence-electron chi connectivity index (χ4n) is 3.21. The lowest BCUT2D eigenvalue weighted by atomic mass is 9.73. The van der Waals surface area contributed by atoms with Crippen LogP contribution in [0.3, 0.4) is 0 Å². The molecule has 118 valence electrons. The van der Waals surface area contributed by atoms with Crippen LogP contribution in [0.25, 0.3) is 0 Å². The van der Waals surface area contributed by atoms with Crippen LogP contribution in [-0.4, -0.2) is 45.8 Å². The van der Waals surface area contributed by atoms with E-state index < -0.39 is 0 Å². The van der Waals surface area contributed by atoms with Crippen molar-refractivity contribution in [2.75, 3.05) is 40.9 Å². The van der Waals surface area contributed by atoms with Crippen molar-refractivity contribution in [3.63, 3.8) is 0 Å². The van der Waals surface area contributed by atoms with E-state index in [2.05, 4.69) is 25.1 Å². The highest BCUT2D eigenvalue weighted by Gasteiger charge is 2.35. The Kier molecular flexibility index (Phi) is 5.48. The lowest BCUT2D eigenvalue weighted by molar-refractivity contribution is 0.301. The van der Waals surface area contributed by atoms with Crippen LogP contribution in [0.4, 0.5) is 0 Å². The Labute approximate surface area is 128 Å². The molecule has 1 atom stereocenters. The van der Waals surface area contributed by atoms with E-state index in [0.29, 0.717) is 6.54 Å². The summed E-state index contributed by atoms with van der Waals surface area (Å²) in [7, 11) is 5.93. The third kappa shape index (κ3) is 3.69. The standard InChI is InChI=1S/C17H28N2O2/c1-19(2)10-4-8-17(13-18)9-5-11-21-16-7-6-14(20-3)12-15(16)17/h6-7,12H,4-5,8-11,13,18H2,1-3H3. The molecule has 1 heterocycles. The number of fused-ring (bicyclic) bond motifs is 1. The van der Waals surface area contributed by atoms with Crippen LogP contribution in [-0.2, 0) is 5.41 Å². The van der Waals surface area contributed by atoms with Gasteiger partial charge in [-0.25, -0.2) is 0 Å². The highest BCUT2D eigenvalue weighted by atomic mass is 16.5. The minimum Gasteiger partial charge on any atom is -0.497 e. The monoisotopic (exact) mass is 292 g/mol. The van der Waals surface area contributed by atoms with E-state index in [9.17, 15) is 0 Å². The van der Waals surface area contributed by atoms with Crippen LogP contribution in [0.5, 0.6) is 11.5 Å². The smallest absolute Gasteiger partial charge is 0.123 e. The number of nitrogens with two attached hydrogens (primary N) is 1. The molecule has 1 aliphatic rings. The number of hydrogen-bond acceptors (Lipinski definition) is 4. The molecule has 0 amide bonds. The van der Waals surface area contributed by atoms with Gasteiger partial charge in [0.25, 0.3) is 0 Å². The molecular weight excluding hydrogens is 264 g/mol. The summed E-state index contributed by atoms with van der Waals surface area (Å²) in [6.07, 6.45) is 4.36. The molecule has 1 unspecified atom stereocenters. The molecule has 1 aromatic rings. The van der Waals surface area contributed by atoms with Crippen molar-refractivity contribution in [3.05, 3.63) is 23.8 Å². The van der Waals surface area contributed by atoms with Crippen molar-refractivity contribution in [1.82, 2.24) is 4.90 Å². The van der Waals surface area contributed by atoms with E-state index in [1.807, 2.05) is 12.1 Å². The summed E-state index contributed by atoms with van der Waals surface area (Å²) in [5, 5.41) is 0. The van der Waals surface area contributed by atoms with Gasteiger partial charge in [0.05, 0.1) is 13.7 Å². The fraction of sp³-hybridized carbons (Fsp3) is 0.647. The molecule has 0 bridgehead atoms. The highest BCUT2D eigenvalue weighted by molar-refractivity contribution is 5.46. The van der Waals surface area contributed by atoms with Gasteiger partial charge < -0.3 is 20.1 Å². The SMILES string of the molecule is COc1ccc2c(c1)C(CN)(CCCN(C)C)CCCO2. The molecule has 0 radical (unpaired) electrons. The topological polar surface area (TPSA) is 47.7 Å². The van der Waals surface area contributed by atoms with Gasteiger partial charge in [0.2, 0.25) is 0 Å². The lowest BCUT2D eigenvalue weighted by Gasteiger charge is -2.33. The van der Waals surface area contributed by atoms with Gasteiger partial charge in [-0.15, -0.1) is 0 Å². The van der Waals surface area contributed by atoms with Gasteiger partial charge in [-0.1, -0.05) is 0 Å². The molecule has 4 heteroatoms. The van der Waals surface area contributed by atoms with E-state index in [1.54, 1.807) is 7.11 Å². The van der Waals surface area contributed by atoms with E-state index in [0.717, 1.165) is 50.3 Å². The van der Waals surface area contributed by atoms with Crippen molar-refractivity contribution in [1.29, 1.82) is 0 Å². The molecule has 1 aromatic carbocycles. The maximum absolute atomic E-state index is 6.22. The van der Waals surface area contributed by atoms with Gasteiger partial charge in [0.1, 0.15) is 11.5 Å². The van der Waals surface area contributed by atoms with E-state index in [4.69, 9.17) is 15.2 Å². The van der Waals surface area contributed by atoms with Gasteiger partial charge in [0.15, 0.2) is 0 Å². The molecular formula is C17H28N2O2. The second-order valence-electron chi connectivity index (χ2n) is 6.21. The largest absolute Gasteiger partial charge is 0.497 e. The number of nitrogens with zero attached hydrogens (tertiary/aromatic N) is 1. The third-order valence-corrected chi connectivity index (χ3v) is 4.47. The summed E-state index contributed by atoms with van der Waals surface area (Å²) in [5.74, 6) is 1.85. The van der Waals surface area contributed by atoms with Crippen molar-refractivity contribution in [3.8, 4) is 11.5 Å². The molecule has 21 heavy (non-hydrogen) atoms. The molecule has 0 saturated heterocycles. The Morgan fingerprint density at radius 1 is 1.38 bits per heavy atom. The average molecular weight is 292 g/mol. The van der Waals surface area contributed by atoms with Crippen molar-refractivity contribution in [2.45, 2.75) is 31.1 Å². The van der Waals surface area contributed by atoms with Crippen LogP contribution < -0.4 is 15.2 Å². The first-order valence-electron chi connectivity index (χ1n) is 7.77. The van der Waals surface area contributed by atoms with Crippen LogP contribution in [0.2, 0.25) is 0 Å². The Morgan fingerprint density at radius 3 is 2.86 bits per heavy atom. The van der Waals surface area contributed by atoms with Crippen molar-refractivity contribution >= 4 is 0 Å².